The van der Waals surface area contributed by atoms with Crippen molar-refractivity contribution >= 4 is 48.9 Å². The van der Waals surface area contributed by atoms with Crippen LogP contribution in [0.4, 0.5) is 11.4 Å². The molecule has 0 bridgehead atoms. The highest BCUT2D eigenvalue weighted by molar-refractivity contribution is 9.10. The molecule has 0 aliphatic heterocycles. The molecule has 0 aromatic heterocycles. The molecule has 0 fully saturated rings. The molecule has 7 heteroatoms. The van der Waals surface area contributed by atoms with Crippen molar-refractivity contribution in [2.24, 2.45) is 0 Å². The van der Waals surface area contributed by atoms with E-state index in [9.17, 15) is 8.42 Å². The van der Waals surface area contributed by atoms with E-state index < -0.39 is 10.0 Å². The zero-order chi connectivity index (χ0) is 15.8. The molecule has 0 radical (unpaired) electrons. The Labute approximate surface area is 137 Å². The zero-order valence-electron chi connectivity index (χ0n) is 11.4. The van der Waals surface area contributed by atoms with Crippen molar-refractivity contribution < 1.29 is 8.42 Å². The topological polar surface area (TPSA) is 72.2 Å². The molecule has 2 aromatic carbocycles. The van der Waals surface area contributed by atoms with Crippen LogP contribution in [-0.2, 0) is 10.0 Å². The summed E-state index contributed by atoms with van der Waals surface area (Å²) in [6.45, 7) is 3.80. The van der Waals surface area contributed by atoms with E-state index >= 15 is 0 Å². The molecule has 0 aliphatic rings. The lowest BCUT2D eigenvalue weighted by molar-refractivity contribution is 0.601. The normalized spacial score (nSPS) is 11.4. The van der Waals surface area contributed by atoms with Gasteiger partial charge in [0.15, 0.2) is 0 Å². The predicted octanol–water partition coefficient (Wildman–Crippen LogP) is 4.10. The molecule has 0 unspecified atom stereocenters. The van der Waals surface area contributed by atoms with E-state index in [0.717, 1.165) is 11.1 Å². The molecule has 4 nitrogen and oxygen atoms in total. The van der Waals surface area contributed by atoms with Gasteiger partial charge >= 0.3 is 0 Å². The van der Waals surface area contributed by atoms with Gasteiger partial charge in [-0.25, -0.2) is 8.42 Å². The summed E-state index contributed by atoms with van der Waals surface area (Å²) in [5.41, 5.74) is 8.53. The molecule has 0 spiro atoms. The molecule has 0 atom stereocenters. The number of sulfonamides is 1. The van der Waals surface area contributed by atoms with Gasteiger partial charge in [0.25, 0.3) is 10.0 Å². The van der Waals surface area contributed by atoms with Crippen LogP contribution in [0.3, 0.4) is 0 Å². The third-order valence-corrected chi connectivity index (χ3v) is 5.44. The Morgan fingerprint density at radius 1 is 1.14 bits per heavy atom. The van der Waals surface area contributed by atoms with E-state index in [1.165, 1.54) is 12.1 Å². The van der Waals surface area contributed by atoms with Gasteiger partial charge in [0, 0.05) is 4.47 Å². The van der Waals surface area contributed by atoms with Gasteiger partial charge < -0.3 is 5.73 Å². The fourth-order valence-electron chi connectivity index (χ4n) is 1.82. The van der Waals surface area contributed by atoms with Crippen LogP contribution in [0.5, 0.6) is 0 Å². The Morgan fingerprint density at radius 3 is 2.38 bits per heavy atom. The van der Waals surface area contributed by atoms with E-state index in [1.54, 1.807) is 18.2 Å². The van der Waals surface area contributed by atoms with Crippen molar-refractivity contribution in [3.63, 3.8) is 0 Å². The molecule has 2 rings (SSSR count). The van der Waals surface area contributed by atoms with Gasteiger partial charge in [0.05, 0.1) is 16.4 Å². The van der Waals surface area contributed by atoms with Crippen molar-refractivity contribution in [1.82, 2.24) is 0 Å². The number of hydrogen-bond acceptors (Lipinski definition) is 3. The first-order valence-corrected chi connectivity index (χ1v) is 8.71. The van der Waals surface area contributed by atoms with Crippen molar-refractivity contribution in [2.75, 3.05) is 10.5 Å². The highest BCUT2D eigenvalue weighted by atomic mass is 79.9. The van der Waals surface area contributed by atoms with Crippen LogP contribution in [0.2, 0.25) is 5.02 Å². The number of anilines is 2. The summed E-state index contributed by atoms with van der Waals surface area (Å²) in [5.74, 6) is 0. The van der Waals surface area contributed by atoms with Crippen molar-refractivity contribution in [2.45, 2.75) is 18.7 Å². The molecular weight excluding hydrogens is 376 g/mol. The first-order valence-electron chi connectivity index (χ1n) is 6.05. The zero-order valence-corrected chi connectivity index (χ0v) is 14.6. The van der Waals surface area contributed by atoms with E-state index in [4.69, 9.17) is 17.3 Å². The Morgan fingerprint density at radius 2 is 1.76 bits per heavy atom. The minimum Gasteiger partial charge on any atom is -0.397 e. The Balaban J connectivity index is 2.45. The number of aryl methyl sites for hydroxylation is 2. The number of halogens is 2. The van der Waals surface area contributed by atoms with Gasteiger partial charge in [-0.1, -0.05) is 27.5 Å². The molecular formula is C14H14BrClN2O2S. The molecule has 21 heavy (non-hydrogen) atoms. The van der Waals surface area contributed by atoms with Crippen molar-refractivity contribution in [1.29, 1.82) is 0 Å². The summed E-state index contributed by atoms with van der Waals surface area (Å²) in [5, 5.41) is 0.138. The number of nitrogens with one attached hydrogen (secondary N) is 1. The van der Waals surface area contributed by atoms with Crippen molar-refractivity contribution in [3.8, 4) is 0 Å². The van der Waals surface area contributed by atoms with Crippen LogP contribution in [0.1, 0.15) is 11.1 Å². The molecule has 0 amide bonds. The first-order chi connectivity index (χ1) is 9.70. The van der Waals surface area contributed by atoms with Crippen LogP contribution < -0.4 is 10.5 Å². The van der Waals surface area contributed by atoms with Crippen LogP contribution in [0.15, 0.2) is 39.7 Å². The number of nitrogen functional groups attached to an aromatic ring is 1. The lowest BCUT2D eigenvalue weighted by Gasteiger charge is -2.13. The predicted molar refractivity (Wildman–Crippen MR) is 90.3 cm³/mol. The lowest BCUT2D eigenvalue weighted by Crippen LogP contribution is -2.15. The third-order valence-electron chi connectivity index (χ3n) is 3.09. The fraction of sp³-hybridized carbons (Fsp3) is 0.143. The maximum atomic E-state index is 12.4. The minimum absolute atomic E-state index is 0.00462. The second-order valence-electron chi connectivity index (χ2n) is 4.70. The summed E-state index contributed by atoms with van der Waals surface area (Å²) in [7, 11) is -3.80. The Bertz CT molecular complexity index is 807. The average molecular weight is 390 g/mol. The largest absolute Gasteiger partial charge is 0.397 e. The number of benzene rings is 2. The van der Waals surface area contributed by atoms with E-state index in [0.29, 0.717) is 15.8 Å². The van der Waals surface area contributed by atoms with Gasteiger partial charge in [0.1, 0.15) is 4.90 Å². The molecule has 0 saturated carbocycles. The Hall–Kier alpha value is -1.24. The van der Waals surface area contributed by atoms with Gasteiger partial charge in [-0.05, 0) is 55.3 Å². The summed E-state index contributed by atoms with van der Waals surface area (Å²) in [6, 6.07) is 8.02. The summed E-state index contributed by atoms with van der Waals surface area (Å²) < 4.78 is 28.0. The highest BCUT2D eigenvalue weighted by Crippen LogP contribution is 2.29. The van der Waals surface area contributed by atoms with Crippen LogP contribution in [0, 0.1) is 13.8 Å². The fourth-order valence-corrected chi connectivity index (χ4v) is 3.94. The standard InChI is InChI=1S/C14H14BrClN2O2S/c1-8-5-12(17)13(6-9(8)2)18-21(19,20)14-4-3-10(15)7-11(14)16/h3-7,18H,17H2,1-2H3. The summed E-state index contributed by atoms with van der Waals surface area (Å²) >= 11 is 9.24. The third kappa shape index (κ3) is 3.51. The van der Waals surface area contributed by atoms with E-state index in [2.05, 4.69) is 20.7 Å². The average Bonchev–Trinajstić information content (AvgIpc) is 2.35. The number of rotatable bonds is 3. The first kappa shape index (κ1) is 16.1. The molecule has 112 valence electrons. The van der Waals surface area contributed by atoms with Crippen LogP contribution in [-0.4, -0.2) is 8.42 Å². The second-order valence-corrected chi connectivity index (χ2v) is 7.68. The SMILES string of the molecule is Cc1cc(N)c(NS(=O)(=O)c2ccc(Br)cc2Cl)cc1C. The summed E-state index contributed by atoms with van der Waals surface area (Å²) in [6.07, 6.45) is 0. The smallest absolute Gasteiger partial charge is 0.263 e. The van der Waals surface area contributed by atoms with E-state index in [1.807, 2.05) is 13.8 Å². The molecule has 3 N–H and O–H groups in total. The molecule has 0 saturated heterocycles. The lowest BCUT2D eigenvalue weighted by atomic mass is 10.1. The van der Waals surface area contributed by atoms with Crippen LogP contribution >= 0.6 is 27.5 Å². The number of hydrogen-bond donors (Lipinski definition) is 2. The number of nitrogens with two attached hydrogens (primary N) is 1. The van der Waals surface area contributed by atoms with Crippen LogP contribution in [0.25, 0.3) is 0 Å². The molecule has 0 aliphatic carbocycles. The molecule has 0 heterocycles. The monoisotopic (exact) mass is 388 g/mol. The van der Waals surface area contributed by atoms with Gasteiger partial charge in [0.2, 0.25) is 0 Å². The maximum absolute atomic E-state index is 12.4. The second kappa shape index (κ2) is 5.87. The van der Waals surface area contributed by atoms with Gasteiger partial charge in [-0.3, -0.25) is 4.72 Å². The highest BCUT2D eigenvalue weighted by Gasteiger charge is 2.19. The van der Waals surface area contributed by atoms with Gasteiger partial charge in [-0.2, -0.15) is 0 Å². The maximum Gasteiger partial charge on any atom is 0.263 e. The van der Waals surface area contributed by atoms with Gasteiger partial charge in [-0.15, -0.1) is 0 Å². The quantitative estimate of drug-likeness (QED) is 0.776. The molecule has 2 aromatic rings. The van der Waals surface area contributed by atoms with E-state index in [-0.39, 0.29) is 9.92 Å². The van der Waals surface area contributed by atoms with Crippen molar-refractivity contribution in [3.05, 3.63) is 51.0 Å². The minimum atomic E-state index is -3.80. The Kier molecular flexibility index (Phi) is 4.51. The summed E-state index contributed by atoms with van der Waals surface area (Å²) in [4.78, 5) is 0.00462.